The first-order valence-electron chi connectivity index (χ1n) is 7.18. The van der Waals surface area contributed by atoms with Gasteiger partial charge in [0.2, 0.25) is 0 Å². The number of nitrogens with zero attached hydrogens (tertiary/aromatic N) is 2. The van der Waals surface area contributed by atoms with E-state index in [1.54, 1.807) is 0 Å². The zero-order valence-corrected chi connectivity index (χ0v) is 14.0. The van der Waals surface area contributed by atoms with Crippen LogP contribution in [0.5, 0.6) is 0 Å². The van der Waals surface area contributed by atoms with Gasteiger partial charge in [-0.05, 0) is 25.5 Å². The van der Waals surface area contributed by atoms with Gasteiger partial charge in [-0.2, -0.15) is 0 Å². The first-order valence-corrected chi connectivity index (χ1v) is 7.97. The van der Waals surface area contributed by atoms with Crippen LogP contribution in [0, 0.1) is 0 Å². The summed E-state index contributed by atoms with van der Waals surface area (Å²) in [7, 11) is 0. The van der Waals surface area contributed by atoms with Gasteiger partial charge < -0.3 is 10.1 Å². The molecule has 1 aromatic carbocycles. The molecule has 0 spiro atoms. The third-order valence-electron chi connectivity index (χ3n) is 2.88. The summed E-state index contributed by atoms with van der Waals surface area (Å²) in [5.74, 6) is 1.55. The molecule has 2 rings (SSSR count). The maximum Gasteiger partial charge on any atom is 0.157 e. The number of nitrogens with one attached hydrogen (secondary N) is 1. The Hall–Kier alpha value is -1.46. The molecule has 0 fully saturated rings. The number of aromatic nitrogens is 2. The molecule has 4 nitrogen and oxygen atoms in total. The summed E-state index contributed by atoms with van der Waals surface area (Å²) >= 11 is 3.50. The smallest absolute Gasteiger partial charge is 0.157 e. The monoisotopic (exact) mass is 349 g/mol. The van der Waals surface area contributed by atoms with Crippen LogP contribution in [-0.4, -0.2) is 23.1 Å². The molecule has 0 aliphatic carbocycles. The van der Waals surface area contributed by atoms with Crippen molar-refractivity contribution in [2.75, 3.05) is 18.5 Å². The van der Waals surface area contributed by atoms with Gasteiger partial charge in [0.15, 0.2) is 5.82 Å². The van der Waals surface area contributed by atoms with E-state index >= 15 is 0 Å². The molecule has 0 saturated heterocycles. The van der Waals surface area contributed by atoms with Crippen molar-refractivity contribution < 1.29 is 4.74 Å². The van der Waals surface area contributed by atoms with Gasteiger partial charge in [0.1, 0.15) is 12.4 Å². The lowest BCUT2D eigenvalue weighted by Crippen LogP contribution is -2.07. The molecule has 112 valence electrons. The van der Waals surface area contributed by atoms with Gasteiger partial charge in [-0.15, -0.1) is 0 Å². The van der Waals surface area contributed by atoms with Crippen molar-refractivity contribution in [3.8, 4) is 11.3 Å². The van der Waals surface area contributed by atoms with E-state index in [4.69, 9.17) is 4.74 Å². The van der Waals surface area contributed by atoms with Crippen LogP contribution in [0.2, 0.25) is 0 Å². The molecule has 0 amide bonds. The summed E-state index contributed by atoms with van der Waals surface area (Å²) in [6.45, 7) is 6.07. The summed E-state index contributed by atoms with van der Waals surface area (Å²) in [6, 6.07) is 10.1. The summed E-state index contributed by atoms with van der Waals surface area (Å²) in [5, 5.41) is 3.32. The summed E-state index contributed by atoms with van der Waals surface area (Å²) in [6.07, 6.45) is 1.05. The second-order valence-electron chi connectivity index (χ2n) is 4.63. The minimum atomic E-state index is 0.430. The average molecular weight is 350 g/mol. The maximum absolute atomic E-state index is 5.43. The molecule has 0 unspecified atom stereocenters. The number of ether oxygens (including phenoxy) is 1. The van der Waals surface area contributed by atoms with Crippen LogP contribution in [-0.2, 0) is 11.3 Å². The van der Waals surface area contributed by atoms with Crippen molar-refractivity contribution in [2.24, 2.45) is 0 Å². The number of halogens is 1. The quantitative estimate of drug-likeness (QED) is 0.810. The van der Waals surface area contributed by atoms with Crippen LogP contribution in [0.1, 0.15) is 26.1 Å². The van der Waals surface area contributed by atoms with E-state index in [0.29, 0.717) is 19.0 Å². The van der Waals surface area contributed by atoms with E-state index in [-0.39, 0.29) is 0 Å². The molecule has 0 atom stereocenters. The van der Waals surface area contributed by atoms with Crippen LogP contribution < -0.4 is 5.32 Å². The van der Waals surface area contributed by atoms with E-state index in [0.717, 1.165) is 34.5 Å². The molecule has 0 bridgehead atoms. The third-order valence-corrected chi connectivity index (χ3v) is 3.38. The summed E-state index contributed by atoms with van der Waals surface area (Å²) in [5.41, 5.74) is 1.96. The lowest BCUT2D eigenvalue weighted by molar-refractivity contribution is 0.128. The Bertz CT molecular complexity index is 563. The highest BCUT2D eigenvalue weighted by atomic mass is 79.9. The molecule has 0 aliphatic rings. The van der Waals surface area contributed by atoms with Crippen LogP contribution in [0.25, 0.3) is 11.3 Å². The van der Waals surface area contributed by atoms with Crippen LogP contribution in [0.15, 0.2) is 34.8 Å². The van der Waals surface area contributed by atoms with E-state index < -0.39 is 0 Å². The van der Waals surface area contributed by atoms with Gasteiger partial charge >= 0.3 is 0 Å². The molecule has 1 heterocycles. The zero-order chi connectivity index (χ0) is 15.1. The molecule has 1 aromatic heterocycles. The van der Waals surface area contributed by atoms with Crippen molar-refractivity contribution in [1.29, 1.82) is 0 Å². The molecule has 1 N–H and O–H groups in total. The van der Waals surface area contributed by atoms with Crippen LogP contribution in [0.4, 0.5) is 5.82 Å². The fraction of sp³-hybridized carbons (Fsp3) is 0.375. The predicted molar refractivity (Wildman–Crippen MR) is 89.3 cm³/mol. The van der Waals surface area contributed by atoms with Gasteiger partial charge in [-0.25, -0.2) is 9.97 Å². The first-order chi connectivity index (χ1) is 10.2. The first kappa shape index (κ1) is 15.9. The second-order valence-corrected chi connectivity index (χ2v) is 5.54. The van der Waals surface area contributed by atoms with Crippen molar-refractivity contribution in [2.45, 2.75) is 26.9 Å². The summed E-state index contributed by atoms with van der Waals surface area (Å²) < 4.78 is 6.47. The molecular weight excluding hydrogens is 330 g/mol. The molecular formula is C16H20BrN3O. The van der Waals surface area contributed by atoms with E-state index in [1.165, 1.54) is 0 Å². The van der Waals surface area contributed by atoms with E-state index in [2.05, 4.69) is 44.2 Å². The zero-order valence-electron chi connectivity index (χ0n) is 12.4. The van der Waals surface area contributed by atoms with Gasteiger partial charge in [0.05, 0.1) is 5.69 Å². The highest BCUT2D eigenvalue weighted by molar-refractivity contribution is 9.10. The predicted octanol–water partition coefficient (Wildman–Crippen LogP) is 4.26. The number of rotatable bonds is 7. The fourth-order valence-corrected chi connectivity index (χ4v) is 2.29. The molecule has 0 radical (unpaired) electrons. The number of hydrogen-bond donors (Lipinski definition) is 1. The Balaban J connectivity index is 2.33. The maximum atomic E-state index is 5.43. The van der Waals surface area contributed by atoms with Gasteiger partial charge in [-0.3, -0.25) is 0 Å². The Morgan fingerprint density at radius 2 is 2.05 bits per heavy atom. The molecule has 2 aromatic rings. The molecule has 0 saturated carbocycles. The average Bonchev–Trinajstić information content (AvgIpc) is 2.50. The topological polar surface area (TPSA) is 47.0 Å². The molecule has 21 heavy (non-hydrogen) atoms. The third kappa shape index (κ3) is 4.79. The van der Waals surface area contributed by atoms with Crippen molar-refractivity contribution >= 4 is 21.7 Å². The Morgan fingerprint density at radius 1 is 1.19 bits per heavy atom. The SMILES string of the molecule is CCCNc1cc(-c2cccc(Br)c2)nc(COCC)n1. The minimum absolute atomic E-state index is 0.430. The van der Waals surface area contributed by atoms with E-state index in [1.807, 2.05) is 31.2 Å². The van der Waals surface area contributed by atoms with Crippen molar-refractivity contribution in [1.82, 2.24) is 9.97 Å². The summed E-state index contributed by atoms with van der Waals surface area (Å²) in [4.78, 5) is 9.09. The Kier molecular flexibility index (Phi) is 6.14. The Morgan fingerprint density at radius 3 is 2.76 bits per heavy atom. The highest BCUT2D eigenvalue weighted by Gasteiger charge is 2.07. The van der Waals surface area contributed by atoms with Gasteiger partial charge in [-0.1, -0.05) is 35.0 Å². The van der Waals surface area contributed by atoms with Crippen LogP contribution >= 0.6 is 15.9 Å². The lowest BCUT2D eigenvalue weighted by Gasteiger charge is -2.10. The van der Waals surface area contributed by atoms with Crippen molar-refractivity contribution in [3.05, 3.63) is 40.6 Å². The van der Waals surface area contributed by atoms with Gasteiger partial charge in [0, 0.05) is 29.3 Å². The molecule has 0 aliphatic heterocycles. The lowest BCUT2D eigenvalue weighted by atomic mass is 10.1. The van der Waals surface area contributed by atoms with Crippen LogP contribution in [0.3, 0.4) is 0 Å². The number of hydrogen-bond acceptors (Lipinski definition) is 4. The molecule has 5 heteroatoms. The largest absolute Gasteiger partial charge is 0.374 e. The highest BCUT2D eigenvalue weighted by Crippen LogP contribution is 2.23. The normalized spacial score (nSPS) is 10.6. The Labute approximate surface area is 134 Å². The fourth-order valence-electron chi connectivity index (χ4n) is 1.89. The number of benzene rings is 1. The van der Waals surface area contributed by atoms with Crippen molar-refractivity contribution in [3.63, 3.8) is 0 Å². The minimum Gasteiger partial charge on any atom is -0.374 e. The van der Waals surface area contributed by atoms with Gasteiger partial charge in [0.25, 0.3) is 0 Å². The van der Waals surface area contributed by atoms with E-state index in [9.17, 15) is 0 Å². The second kappa shape index (κ2) is 8.10. The standard InChI is InChI=1S/C16H20BrN3O/c1-3-8-18-15-10-14(12-6-5-7-13(17)9-12)19-16(20-15)11-21-4-2/h5-7,9-10H,3-4,8,11H2,1-2H3,(H,18,19,20). The number of anilines is 1.